The maximum absolute atomic E-state index is 12.4. The highest BCUT2D eigenvalue weighted by atomic mass is 32.2. The van der Waals surface area contributed by atoms with Gasteiger partial charge in [-0.2, -0.15) is 0 Å². The first kappa shape index (κ1) is 17.8. The normalized spacial score (nSPS) is 11.2. The maximum atomic E-state index is 12.4. The number of anilines is 3. The van der Waals surface area contributed by atoms with Gasteiger partial charge in [0.1, 0.15) is 0 Å². The Morgan fingerprint density at radius 2 is 1.38 bits per heavy atom. The second-order valence-electron chi connectivity index (χ2n) is 5.69. The quantitative estimate of drug-likeness (QED) is 0.748. The zero-order chi connectivity index (χ0) is 17.7. The van der Waals surface area contributed by atoms with Gasteiger partial charge in [-0.15, -0.1) is 0 Å². The van der Waals surface area contributed by atoms with Crippen molar-refractivity contribution in [2.45, 2.75) is 31.7 Å². The summed E-state index contributed by atoms with van der Waals surface area (Å²) in [4.78, 5) is 11.1. The molecule has 24 heavy (non-hydrogen) atoms. The fourth-order valence-electron chi connectivity index (χ4n) is 2.10. The number of benzene rings is 2. The molecule has 128 valence electrons. The van der Waals surface area contributed by atoms with Gasteiger partial charge < -0.3 is 10.6 Å². The number of rotatable bonds is 6. The van der Waals surface area contributed by atoms with Crippen LogP contribution in [-0.2, 0) is 14.8 Å². The van der Waals surface area contributed by atoms with E-state index in [2.05, 4.69) is 15.4 Å². The first-order chi connectivity index (χ1) is 11.3. The highest BCUT2D eigenvalue weighted by Gasteiger charge is 2.14. The van der Waals surface area contributed by atoms with Gasteiger partial charge in [0.2, 0.25) is 5.91 Å². The fraction of sp³-hybridized carbons (Fsp3) is 0.235. The molecule has 2 rings (SSSR count). The Kier molecular flexibility index (Phi) is 5.46. The lowest BCUT2D eigenvalue weighted by Crippen LogP contribution is -2.13. The van der Waals surface area contributed by atoms with E-state index in [9.17, 15) is 13.2 Å². The predicted octanol–water partition coefficient (Wildman–Crippen LogP) is 3.27. The van der Waals surface area contributed by atoms with Crippen molar-refractivity contribution >= 4 is 33.0 Å². The smallest absolute Gasteiger partial charge is 0.261 e. The molecular formula is C17H21N3O3S. The molecule has 0 unspecified atom stereocenters. The third-order valence-corrected chi connectivity index (χ3v) is 4.47. The van der Waals surface area contributed by atoms with Gasteiger partial charge in [-0.3, -0.25) is 9.52 Å². The van der Waals surface area contributed by atoms with Gasteiger partial charge in [0.05, 0.1) is 4.90 Å². The summed E-state index contributed by atoms with van der Waals surface area (Å²) in [6.07, 6.45) is 0. The topological polar surface area (TPSA) is 87.3 Å². The Morgan fingerprint density at radius 1 is 0.875 bits per heavy atom. The number of nitrogens with one attached hydrogen (secondary N) is 3. The van der Waals surface area contributed by atoms with Crippen LogP contribution >= 0.6 is 0 Å². The van der Waals surface area contributed by atoms with Crippen LogP contribution in [0, 0.1) is 0 Å². The van der Waals surface area contributed by atoms with E-state index < -0.39 is 10.0 Å². The van der Waals surface area contributed by atoms with E-state index in [1.165, 1.54) is 19.1 Å². The minimum Gasteiger partial charge on any atom is -0.383 e. The predicted molar refractivity (Wildman–Crippen MR) is 96.8 cm³/mol. The third kappa shape index (κ3) is 4.99. The van der Waals surface area contributed by atoms with E-state index in [-0.39, 0.29) is 10.8 Å². The van der Waals surface area contributed by atoms with Crippen LogP contribution in [0.4, 0.5) is 17.1 Å². The summed E-state index contributed by atoms with van der Waals surface area (Å²) >= 11 is 0. The van der Waals surface area contributed by atoms with Gasteiger partial charge in [0.25, 0.3) is 10.0 Å². The van der Waals surface area contributed by atoms with Gasteiger partial charge in [-0.1, -0.05) is 0 Å². The van der Waals surface area contributed by atoms with Crippen LogP contribution < -0.4 is 15.4 Å². The first-order valence-electron chi connectivity index (χ1n) is 7.53. The second kappa shape index (κ2) is 7.35. The molecule has 6 nitrogen and oxygen atoms in total. The lowest BCUT2D eigenvalue weighted by atomic mass is 10.2. The lowest BCUT2D eigenvalue weighted by Gasteiger charge is -2.12. The Bertz CT molecular complexity index is 798. The zero-order valence-electron chi connectivity index (χ0n) is 13.8. The first-order valence-corrected chi connectivity index (χ1v) is 9.01. The number of amides is 1. The molecule has 0 aromatic heterocycles. The molecule has 0 aliphatic rings. The van der Waals surface area contributed by atoms with Gasteiger partial charge >= 0.3 is 0 Å². The molecule has 0 bridgehead atoms. The van der Waals surface area contributed by atoms with Crippen LogP contribution in [0.1, 0.15) is 20.8 Å². The Balaban J connectivity index is 2.11. The third-order valence-electron chi connectivity index (χ3n) is 3.08. The molecule has 0 fully saturated rings. The molecule has 0 atom stereocenters. The molecule has 0 aliphatic heterocycles. The molecule has 7 heteroatoms. The van der Waals surface area contributed by atoms with Crippen LogP contribution in [0.25, 0.3) is 0 Å². The molecule has 0 aliphatic carbocycles. The van der Waals surface area contributed by atoms with Crippen molar-refractivity contribution in [2.75, 3.05) is 15.4 Å². The molecule has 0 saturated carbocycles. The summed E-state index contributed by atoms with van der Waals surface area (Å²) in [5.41, 5.74) is 1.95. The number of hydrogen-bond donors (Lipinski definition) is 3. The number of sulfonamides is 1. The minimum absolute atomic E-state index is 0.126. The van der Waals surface area contributed by atoms with Gasteiger partial charge in [-0.05, 0) is 62.4 Å². The molecule has 0 spiro atoms. The molecule has 0 saturated heterocycles. The highest BCUT2D eigenvalue weighted by molar-refractivity contribution is 7.92. The lowest BCUT2D eigenvalue weighted by molar-refractivity contribution is -0.114. The summed E-state index contributed by atoms with van der Waals surface area (Å²) in [6, 6.07) is 13.3. The Hall–Kier alpha value is -2.54. The van der Waals surface area contributed by atoms with E-state index in [1.54, 1.807) is 24.3 Å². The molecule has 2 aromatic rings. The number of carbonyl (C=O) groups is 1. The van der Waals surface area contributed by atoms with Crippen LogP contribution in [0.2, 0.25) is 0 Å². The van der Waals surface area contributed by atoms with E-state index in [4.69, 9.17) is 0 Å². The highest BCUT2D eigenvalue weighted by Crippen LogP contribution is 2.20. The summed E-state index contributed by atoms with van der Waals surface area (Å²) in [7, 11) is -3.68. The van der Waals surface area contributed by atoms with Gasteiger partial charge in [0.15, 0.2) is 0 Å². The maximum Gasteiger partial charge on any atom is 0.261 e. The molecule has 3 N–H and O–H groups in total. The van der Waals surface area contributed by atoms with Crippen molar-refractivity contribution in [1.82, 2.24) is 0 Å². The summed E-state index contributed by atoms with van der Waals surface area (Å²) in [6.45, 7) is 5.45. The SMILES string of the molecule is CC(=O)Nc1ccc(S(=O)(=O)Nc2ccc(NC(C)C)cc2)cc1. The van der Waals surface area contributed by atoms with Crippen molar-refractivity contribution in [3.05, 3.63) is 48.5 Å². The molecule has 1 amide bonds. The van der Waals surface area contributed by atoms with Crippen molar-refractivity contribution in [1.29, 1.82) is 0 Å². The second-order valence-corrected chi connectivity index (χ2v) is 7.37. The van der Waals surface area contributed by atoms with Crippen molar-refractivity contribution in [3.63, 3.8) is 0 Å². The monoisotopic (exact) mass is 347 g/mol. The zero-order valence-corrected chi connectivity index (χ0v) is 14.6. The fourth-order valence-corrected chi connectivity index (χ4v) is 3.16. The van der Waals surface area contributed by atoms with Crippen LogP contribution in [0.3, 0.4) is 0 Å². The molecule has 2 aromatic carbocycles. The largest absolute Gasteiger partial charge is 0.383 e. The summed E-state index contributed by atoms with van der Waals surface area (Å²) in [5, 5.41) is 5.83. The molecular weight excluding hydrogens is 326 g/mol. The summed E-state index contributed by atoms with van der Waals surface area (Å²) in [5.74, 6) is -0.209. The average Bonchev–Trinajstić information content (AvgIpc) is 2.48. The van der Waals surface area contributed by atoms with E-state index in [1.807, 2.05) is 26.0 Å². The Morgan fingerprint density at radius 3 is 1.88 bits per heavy atom. The number of carbonyl (C=O) groups excluding carboxylic acids is 1. The van der Waals surface area contributed by atoms with Crippen molar-refractivity contribution < 1.29 is 13.2 Å². The van der Waals surface area contributed by atoms with E-state index >= 15 is 0 Å². The standard InChI is InChI=1S/C17H21N3O3S/c1-12(2)18-14-4-6-16(7-5-14)20-24(22,23)17-10-8-15(9-11-17)19-13(3)21/h4-12,18,20H,1-3H3,(H,19,21). The van der Waals surface area contributed by atoms with Crippen LogP contribution in [0.15, 0.2) is 53.4 Å². The van der Waals surface area contributed by atoms with Crippen molar-refractivity contribution in [2.24, 2.45) is 0 Å². The van der Waals surface area contributed by atoms with E-state index in [0.717, 1.165) is 5.69 Å². The van der Waals surface area contributed by atoms with Crippen LogP contribution in [-0.4, -0.2) is 20.4 Å². The van der Waals surface area contributed by atoms with E-state index in [0.29, 0.717) is 17.4 Å². The minimum atomic E-state index is -3.68. The Labute approximate surface area is 142 Å². The number of hydrogen-bond acceptors (Lipinski definition) is 4. The van der Waals surface area contributed by atoms with Gasteiger partial charge in [0, 0.05) is 30.0 Å². The summed E-state index contributed by atoms with van der Waals surface area (Å²) < 4.78 is 27.3. The molecule has 0 heterocycles. The van der Waals surface area contributed by atoms with Crippen LogP contribution in [0.5, 0.6) is 0 Å². The van der Waals surface area contributed by atoms with Crippen molar-refractivity contribution in [3.8, 4) is 0 Å². The van der Waals surface area contributed by atoms with Gasteiger partial charge in [-0.25, -0.2) is 8.42 Å². The molecule has 0 radical (unpaired) electrons. The average molecular weight is 347 g/mol.